The minimum absolute atomic E-state index is 0.0765. The Morgan fingerprint density at radius 1 is 1.16 bits per heavy atom. The van der Waals surface area contributed by atoms with Crippen molar-refractivity contribution in [1.29, 1.82) is 0 Å². The lowest BCUT2D eigenvalue weighted by Gasteiger charge is -2.32. The maximum absolute atomic E-state index is 13.0. The molecule has 0 N–H and O–H groups in total. The number of rotatable bonds is 13. The molecule has 1 heterocycles. The van der Waals surface area contributed by atoms with Crippen LogP contribution < -0.4 is 9.64 Å². The summed E-state index contributed by atoms with van der Waals surface area (Å²) >= 11 is 0. The van der Waals surface area contributed by atoms with Crippen molar-refractivity contribution >= 4 is 11.7 Å². The van der Waals surface area contributed by atoms with Crippen LogP contribution in [0.2, 0.25) is 0 Å². The molecule has 8 nitrogen and oxygen atoms in total. The zero-order valence-electron chi connectivity index (χ0n) is 19.6. The van der Waals surface area contributed by atoms with E-state index in [1.54, 1.807) is 27.5 Å². The summed E-state index contributed by atoms with van der Waals surface area (Å²) in [6.45, 7) is 6.18. The van der Waals surface area contributed by atoms with Gasteiger partial charge in [0.25, 0.3) is 5.91 Å². The number of methoxy groups -OCH3 is 2. The lowest BCUT2D eigenvalue weighted by atomic mass is 10.1. The number of carbonyl (C=O) groups excluding carboxylic acids is 1. The number of nitrogens with zero attached hydrogens (tertiary/aromatic N) is 4. The summed E-state index contributed by atoms with van der Waals surface area (Å²) in [5.41, 5.74) is 1.58. The summed E-state index contributed by atoms with van der Waals surface area (Å²) in [4.78, 5) is 20.4. The maximum atomic E-state index is 13.0. The number of carbonyl (C=O) groups is 1. The quantitative estimate of drug-likeness (QED) is 0.356. The summed E-state index contributed by atoms with van der Waals surface area (Å²) in [7, 11) is 6.43. The summed E-state index contributed by atoms with van der Waals surface area (Å²) in [6, 6.07) is 7.94. The molecule has 1 amide bonds. The number of unbranched alkanes of at least 4 members (excludes halogenated alkanes) is 2. The van der Waals surface area contributed by atoms with Crippen LogP contribution in [0.1, 0.15) is 49.0 Å². The summed E-state index contributed by atoms with van der Waals surface area (Å²) < 4.78 is 12.6. The summed E-state index contributed by atoms with van der Waals surface area (Å²) in [5, 5.41) is 5.81. The predicted octanol–water partition coefficient (Wildman–Crippen LogP) is 3.60. The van der Waals surface area contributed by atoms with Crippen molar-refractivity contribution < 1.29 is 19.1 Å². The second-order valence-corrected chi connectivity index (χ2v) is 7.58. The van der Waals surface area contributed by atoms with Gasteiger partial charge in [0.15, 0.2) is 0 Å². The topological polar surface area (TPSA) is 69.1 Å². The molecule has 0 saturated heterocycles. The molecule has 0 radical (unpaired) electrons. The predicted molar refractivity (Wildman–Crippen MR) is 122 cm³/mol. The molecule has 0 aliphatic carbocycles. The summed E-state index contributed by atoms with van der Waals surface area (Å²) in [6.07, 6.45) is 4.88. The van der Waals surface area contributed by atoms with Gasteiger partial charge in [-0.25, -0.2) is 9.75 Å². The van der Waals surface area contributed by atoms with Gasteiger partial charge in [0.1, 0.15) is 17.1 Å². The monoisotopic (exact) mass is 432 g/mol. The Morgan fingerprint density at radius 3 is 2.45 bits per heavy atom. The van der Waals surface area contributed by atoms with Gasteiger partial charge in [-0.3, -0.25) is 9.63 Å². The Kier molecular flexibility index (Phi) is 9.81. The number of hydroxylamine groups is 2. The van der Waals surface area contributed by atoms with Crippen molar-refractivity contribution in [3.05, 3.63) is 41.6 Å². The van der Waals surface area contributed by atoms with Crippen LogP contribution in [0.3, 0.4) is 0 Å². The molecule has 2 aromatic rings. The maximum Gasteiger partial charge on any atom is 0.282 e. The van der Waals surface area contributed by atoms with E-state index < -0.39 is 0 Å². The number of amides is 1. The lowest BCUT2D eigenvalue weighted by Crippen LogP contribution is -2.40. The molecule has 0 saturated carbocycles. The van der Waals surface area contributed by atoms with Gasteiger partial charge in [-0.15, -0.1) is 0 Å². The Labute approximate surface area is 185 Å². The number of anilines is 1. The van der Waals surface area contributed by atoms with E-state index in [0.29, 0.717) is 18.7 Å². The highest BCUT2D eigenvalue weighted by atomic mass is 16.7. The highest BCUT2D eigenvalue weighted by Gasteiger charge is 2.27. The fourth-order valence-electron chi connectivity index (χ4n) is 3.50. The number of ether oxygens (including phenoxy) is 2. The van der Waals surface area contributed by atoms with Crippen molar-refractivity contribution in [1.82, 2.24) is 14.8 Å². The number of benzene rings is 1. The van der Waals surface area contributed by atoms with Gasteiger partial charge in [0.2, 0.25) is 0 Å². The molecule has 1 aromatic heterocycles. The molecular weight excluding hydrogens is 396 g/mol. The first kappa shape index (κ1) is 24.7. The van der Waals surface area contributed by atoms with Gasteiger partial charge >= 0.3 is 0 Å². The van der Waals surface area contributed by atoms with E-state index in [9.17, 15) is 4.79 Å². The SMILES string of the molecule is CCCCCN(c1c(C(=O)N(C)OC)cnn1Cc1ccc(OC)cc1)[C@@H](C)COC. The largest absolute Gasteiger partial charge is 0.497 e. The molecule has 31 heavy (non-hydrogen) atoms. The molecule has 2 rings (SSSR count). The van der Waals surface area contributed by atoms with E-state index in [0.717, 1.165) is 42.9 Å². The standard InChI is InChI=1S/C23H36N4O4/c1-7-8-9-14-26(18(2)17-29-4)22-21(23(28)25(3)31-6)15-24-27(22)16-19-10-12-20(30-5)13-11-19/h10-13,15,18H,7-9,14,16-17H2,1-6H3/t18-/m0/s1. The van der Waals surface area contributed by atoms with Gasteiger partial charge in [-0.1, -0.05) is 31.9 Å². The third-order valence-electron chi connectivity index (χ3n) is 5.31. The Hall–Kier alpha value is -2.58. The van der Waals surface area contributed by atoms with Crippen LogP contribution in [-0.2, 0) is 16.1 Å². The molecule has 0 aliphatic rings. The molecular formula is C23H36N4O4. The first-order valence-electron chi connectivity index (χ1n) is 10.7. The van der Waals surface area contributed by atoms with Crippen LogP contribution in [-0.4, -0.2) is 68.3 Å². The van der Waals surface area contributed by atoms with Gasteiger partial charge in [-0.2, -0.15) is 5.10 Å². The van der Waals surface area contributed by atoms with E-state index in [1.807, 2.05) is 28.9 Å². The van der Waals surface area contributed by atoms with E-state index in [1.165, 1.54) is 12.2 Å². The Bertz CT molecular complexity index is 806. The zero-order valence-corrected chi connectivity index (χ0v) is 19.6. The molecule has 0 bridgehead atoms. The van der Waals surface area contributed by atoms with Crippen molar-refractivity contribution in [2.45, 2.75) is 45.7 Å². The first-order chi connectivity index (χ1) is 15.0. The van der Waals surface area contributed by atoms with Crippen LogP contribution in [0.4, 0.5) is 5.82 Å². The Morgan fingerprint density at radius 2 is 1.87 bits per heavy atom. The number of hydrogen-bond donors (Lipinski definition) is 0. The summed E-state index contributed by atoms with van der Waals surface area (Å²) in [5.74, 6) is 1.35. The third kappa shape index (κ3) is 6.45. The van der Waals surface area contributed by atoms with E-state index in [-0.39, 0.29) is 11.9 Å². The fraction of sp³-hybridized carbons (Fsp3) is 0.565. The highest BCUT2D eigenvalue weighted by Crippen LogP contribution is 2.26. The minimum atomic E-state index is -0.233. The molecule has 0 fully saturated rings. The van der Waals surface area contributed by atoms with Crippen molar-refractivity contribution in [2.24, 2.45) is 0 Å². The molecule has 8 heteroatoms. The van der Waals surface area contributed by atoms with Gasteiger partial charge in [0.05, 0.1) is 39.6 Å². The number of hydrogen-bond acceptors (Lipinski definition) is 6. The molecule has 172 valence electrons. The molecule has 1 aromatic carbocycles. The van der Waals surface area contributed by atoms with Crippen LogP contribution in [0, 0.1) is 0 Å². The molecule has 0 aliphatic heterocycles. The van der Waals surface area contributed by atoms with Gasteiger partial charge < -0.3 is 14.4 Å². The minimum Gasteiger partial charge on any atom is -0.497 e. The van der Waals surface area contributed by atoms with Crippen LogP contribution >= 0.6 is 0 Å². The second kappa shape index (κ2) is 12.3. The number of aromatic nitrogens is 2. The smallest absolute Gasteiger partial charge is 0.282 e. The second-order valence-electron chi connectivity index (χ2n) is 7.58. The van der Waals surface area contributed by atoms with E-state index in [2.05, 4.69) is 23.8 Å². The highest BCUT2D eigenvalue weighted by molar-refractivity contribution is 5.98. The third-order valence-corrected chi connectivity index (χ3v) is 5.31. The van der Waals surface area contributed by atoms with Crippen LogP contribution in [0.5, 0.6) is 5.75 Å². The van der Waals surface area contributed by atoms with Crippen LogP contribution in [0.15, 0.2) is 30.5 Å². The molecule has 0 unspecified atom stereocenters. The van der Waals surface area contributed by atoms with Crippen molar-refractivity contribution in [3.8, 4) is 5.75 Å². The average molecular weight is 433 g/mol. The first-order valence-corrected chi connectivity index (χ1v) is 10.7. The molecule has 0 spiro atoms. The van der Waals surface area contributed by atoms with Gasteiger partial charge in [0, 0.05) is 20.7 Å². The van der Waals surface area contributed by atoms with Crippen LogP contribution in [0.25, 0.3) is 0 Å². The molecule has 1 atom stereocenters. The zero-order chi connectivity index (χ0) is 22.8. The van der Waals surface area contributed by atoms with Crippen molar-refractivity contribution in [2.75, 3.05) is 46.4 Å². The Balaban J connectivity index is 2.48. The van der Waals surface area contributed by atoms with E-state index >= 15 is 0 Å². The van der Waals surface area contributed by atoms with E-state index in [4.69, 9.17) is 14.3 Å². The van der Waals surface area contributed by atoms with Crippen molar-refractivity contribution in [3.63, 3.8) is 0 Å². The fourth-order valence-corrected chi connectivity index (χ4v) is 3.50. The average Bonchev–Trinajstić information content (AvgIpc) is 3.19. The van der Waals surface area contributed by atoms with Gasteiger partial charge in [-0.05, 0) is 31.0 Å². The lowest BCUT2D eigenvalue weighted by molar-refractivity contribution is -0.0756. The normalized spacial score (nSPS) is 11.9.